The van der Waals surface area contributed by atoms with E-state index in [1.165, 1.54) is 0 Å². The zero-order valence-electron chi connectivity index (χ0n) is 7.35. The van der Waals surface area contributed by atoms with Gasteiger partial charge in [0.05, 0.1) is 6.42 Å². The normalized spacial score (nSPS) is 13.7. The van der Waals surface area contributed by atoms with Crippen LogP contribution < -0.4 is 5.32 Å². The van der Waals surface area contributed by atoms with Crippen molar-refractivity contribution in [3.05, 3.63) is 13.3 Å². The van der Waals surface area contributed by atoms with Crippen LogP contribution in [0.5, 0.6) is 0 Å². The highest BCUT2D eigenvalue weighted by Crippen LogP contribution is 1.99. The first-order valence-corrected chi connectivity index (χ1v) is 4.02. The molecule has 0 aromatic heterocycles. The minimum Gasteiger partial charge on any atom is -0.310 e. The Hall–Kier alpha value is -0.170. The van der Waals surface area contributed by atoms with Gasteiger partial charge < -0.3 is 5.32 Å². The van der Waals surface area contributed by atoms with Gasteiger partial charge in [-0.05, 0) is 12.8 Å². The van der Waals surface area contributed by atoms with Gasteiger partial charge in [0.15, 0.2) is 0 Å². The highest BCUT2D eigenvalue weighted by Gasteiger charge is 2.04. The Morgan fingerprint density at radius 3 is 2.40 bits per heavy atom. The van der Waals surface area contributed by atoms with E-state index in [1.807, 2.05) is 6.42 Å². The van der Waals surface area contributed by atoms with Gasteiger partial charge in [-0.15, -0.1) is 6.92 Å². The average Bonchev–Trinajstić information content (AvgIpc) is 1.88. The molecular formula is C9H19N. The lowest BCUT2D eigenvalue weighted by Gasteiger charge is -2.15. The van der Waals surface area contributed by atoms with Gasteiger partial charge in [0.2, 0.25) is 0 Å². The molecule has 0 aromatic carbocycles. The largest absolute Gasteiger partial charge is 0.310 e. The summed E-state index contributed by atoms with van der Waals surface area (Å²) in [5.41, 5.74) is 0. The van der Waals surface area contributed by atoms with Crippen LogP contribution in [0.15, 0.2) is 0 Å². The molecule has 1 unspecified atom stereocenters. The topological polar surface area (TPSA) is 12.0 Å². The van der Waals surface area contributed by atoms with Crippen molar-refractivity contribution >= 4 is 0 Å². The van der Waals surface area contributed by atoms with Gasteiger partial charge in [0.25, 0.3) is 0 Å². The summed E-state index contributed by atoms with van der Waals surface area (Å²) in [6.07, 6.45) is 3.01. The minimum atomic E-state index is 0.625. The molecule has 0 spiro atoms. The van der Waals surface area contributed by atoms with Gasteiger partial charge >= 0.3 is 0 Å². The lowest BCUT2D eigenvalue weighted by Crippen LogP contribution is -2.31. The fourth-order valence-electron chi connectivity index (χ4n) is 0.649. The van der Waals surface area contributed by atoms with Crippen molar-refractivity contribution in [1.82, 2.24) is 5.32 Å². The highest BCUT2D eigenvalue weighted by atomic mass is 14.9. The lowest BCUT2D eigenvalue weighted by atomic mass is 10.1. The van der Waals surface area contributed by atoms with Crippen molar-refractivity contribution in [2.45, 2.75) is 33.2 Å². The Labute approximate surface area is 65.2 Å². The first-order chi connectivity index (χ1) is 4.68. The van der Waals surface area contributed by atoms with Crippen molar-refractivity contribution in [3.8, 4) is 0 Å². The molecule has 0 rings (SSSR count). The zero-order chi connectivity index (χ0) is 7.98. The van der Waals surface area contributed by atoms with Gasteiger partial charge in [-0.1, -0.05) is 20.3 Å². The molecule has 1 heteroatoms. The quantitative estimate of drug-likeness (QED) is 0.456. The monoisotopic (exact) mass is 141 g/mol. The van der Waals surface area contributed by atoms with E-state index in [9.17, 15) is 0 Å². The maximum absolute atomic E-state index is 3.66. The molecule has 1 atom stereocenters. The summed E-state index contributed by atoms with van der Waals surface area (Å²) in [6.45, 7) is 11.4. The Morgan fingerprint density at radius 1 is 1.40 bits per heavy atom. The van der Waals surface area contributed by atoms with Crippen LogP contribution in [-0.4, -0.2) is 12.6 Å². The number of nitrogens with one attached hydrogen (secondary N) is 1. The fraction of sp³-hybridized carbons (Fsp3) is 0.778. The second-order valence-corrected chi connectivity index (χ2v) is 3.06. The summed E-state index contributed by atoms with van der Waals surface area (Å²) >= 11 is 0. The number of hydrogen-bond acceptors (Lipinski definition) is 1. The molecule has 0 heterocycles. The molecule has 0 amide bonds. The van der Waals surface area contributed by atoms with Crippen LogP contribution in [0.4, 0.5) is 0 Å². The summed E-state index contributed by atoms with van der Waals surface area (Å²) in [4.78, 5) is 0. The van der Waals surface area contributed by atoms with E-state index in [-0.39, 0.29) is 0 Å². The second-order valence-electron chi connectivity index (χ2n) is 3.06. The fourth-order valence-corrected chi connectivity index (χ4v) is 0.649. The Kier molecular flexibility index (Phi) is 5.51. The Balaban J connectivity index is 3.13. The van der Waals surface area contributed by atoms with Crippen LogP contribution in [0.25, 0.3) is 0 Å². The summed E-state index contributed by atoms with van der Waals surface area (Å²) < 4.78 is 0. The summed E-state index contributed by atoms with van der Waals surface area (Å²) in [7, 11) is 0. The average molecular weight is 141 g/mol. The second kappa shape index (κ2) is 5.60. The van der Waals surface area contributed by atoms with Crippen LogP contribution in [0, 0.1) is 19.3 Å². The van der Waals surface area contributed by atoms with Gasteiger partial charge in [0, 0.05) is 12.6 Å². The standard InChI is InChI=1S/C9H19N/c1-5-6-7-10-9(4)8(2)3/h5,8-10H,1,6-7H2,2-4H3. The highest BCUT2D eigenvalue weighted by molar-refractivity contribution is 4.70. The van der Waals surface area contributed by atoms with Crippen LogP contribution in [0.2, 0.25) is 0 Å². The molecule has 10 heavy (non-hydrogen) atoms. The van der Waals surface area contributed by atoms with E-state index in [0.29, 0.717) is 6.04 Å². The molecule has 0 aliphatic heterocycles. The maximum Gasteiger partial charge on any atom is 0.0694 e. The van der Waals surface area contributed by atoms with Gasteiger partial charge in [0.1, 0.15) is 0 Å². The predicted molar refractivity (Wildman–Crippen MR) is 46.6 cm³/mol. The van der Waals surface area contributed by atoms with Crippen molar-refractivity contribution in [3.63, 3.8) is 0 Å². The summed E-state index contributed by atoms with van der Waals surface area (Å²) in [6, 6.07) is 0.625. The van der Waals surface area contributed by atoms with Crippen molar-refractivity contribution < 1.29 is 0 Å². The predicted octanol–water partition coefficient (Wildman–Crippen LogP) is 2.05. The van der Waals surface area contributed by atoms with Crippen molar-refractivity contribution in [2.24, 2.45) is 5.92 Å². The van der Waals surface area contributed by atoms with E-state index in [0.717, 1.165) is 18.9 Å². The molecule has 0 saturated carbocycles. The Morgan fingerprint density at radius 2 is 2.00 bits per heavy atom. The number of hydrogen-bond donors (Lipinski definition) is 1. The first-order valence-electron chi connectivity index (χ1n) is 4.02. The third kappa shape index (κ3) is 4.68. The van der Waals surface area contributed by atoms with E-state index in [1.54, 1.807) is 0 Å². The van der Waals surface area contributed by atoms with Crippen LogP contribution in [0.1, 0.15) is 27.2 Å². The molecule has 1 nitrogen and oxygen atoms in total. The molecule has 0 radical (unpaired) electrons. The van der Waals surface area contributed by atoms with Gasteiger partial charge in [-0.25, -0.2) is 0 Å². The third-order valence-corrected chi connectivity index (χ3v) is 1.81. The van der Waals surface area contributed by atoms with Crippen LogP contribution in [0.3, 0.4) is 0 Å². The smallest absolute Gasteiger partial charge is 0.0694 e. The lowest BCUT2D eigenvalue weighted by molar-refractivity contribution is 0.430. The van der Waals surface area contributed by atoms with E-state index < -0.39 is 0 Å². The third-order valence-electron chi connectivity index (χ3n) is 1.81. The van der Waals surface area contributed by atoms with Crippen molar-refractivity contribution in [2.75, 3.05) is 6.54 Å². The molecule has 0 aromatic rings. The van der Waals surface area contributed by atoms with Gasteiger partial charge in [-0.2, -0.15) is 0 Å². The molecule has 1 N–H and O–H groups in total. The minimum absolute atomic E-state index is 0.625. The van der Waals surface area contributed by atoms with Crippen LogP contribution in [-0.2, 0) is 0 Å². The molecule has 60 valence electrons. The molecule has 0 saturated heterocycles. The maximum atomic E-state index is 3.66. The molecule has 0 bridgehead atoms. The molecule has 0 aliphatic rings. The summed E-state index contributed by atoms with van der Waals surface area (Å²) in [5, 5.41) is 3.41. The first kappa shape index (κ1) is 9.83. The molecule has 0 aliphatic carbocycles. The SMILES string of the molecule is [CH2-][CH+]CCNC(C)C(C)C. The van der Waals surface area contributed by atoms with Crippen molar-refractivity contribution in [1.29, 1.82) is 0 Å². The number of rotatable bonds is 5. The number of unbranched alkanes of at least 4 members (excludes halogenated alkanes) is 1. The molecule has 0 fully saturated rings. The summed E-state index contributed by atoms with van der Waals surface area (Å²) in [5.74, 6) is 0.727. The van der Waals surface area contributed by atoms with Gasteiger partial charge in [-0.3, -0.25) is 0 Å². The molecular weight excluding hydrogens is 122 g/mol. The zero-order valence-corrected chi connectivity index (χ0v) is 7.35. The Bertz CT molecular complexity index is 69.1. The van der Waals surface area contributed by atoms with E-state index in [4.69, 9.17) is 0 Å². The van der Waals surface area contributed by atoms with Crippen LogP contribution >= 0.6 is 0 Å². The van der Waals surface area contributed by atoms with E-state index in [2.05, 4.69) is 33.0 Å². The van der Waals surface area contributed by atoms with E-state index >= 15 is 0 Å².